The van der Waals surface area contributed by atoms with Gasteiger partial charge in [-0.1, -0.05) is 47.5 Å². The van der Waals surface area contributed by atoms with Gasteiger partial charge in [-0.05, 0) is 55.1 Å². The largest absolute Gasteiger partial charge is 0.493 e. The van der Waals surface area contributed by atoms with Gasteiger partial charge in [-0.15, -0.1) is 0 Å². The molecule has 0 aliphatic carbocycles. The smallest absolute Gasteiger partial charge is 0.297 e. The van der Waals surface area contributed by atoms with E-state index in [1.807, 2.05) is 42.0 Å². The Kier molecular flexibility index (Phi) is 6.63. The highest BCUT2D eigenvalue weighted by molar-refractivity contribution is 7.86. The van der Waals surface area contributed by atoms with E-state index in [4.69, 9.17) is 8.92 Å². The number of rotatable bonds is 9. The van der Waals surface area contributed by atoms with Crippen molar-refractivity contribution in [3.05, 3.63) is 95.7 Å². The van der Waals surface area contributed by atoms with Gasteiger partial charge in [0.05, 0.1) is 23.6 Å². The minimum Gasteiger partial charge on any atom is -0.493 e. The highest BCUT2D eigenvalue weighted by Crippen LogP contribution is 2.23. The molecule has 166 valence electrons. The van der Waals surface area contributed by atoms with E-state index < -0.39 is 10.1 Å². The standard InChI is InChI=1S/C26H27NO4S/c1-20-6-10-25(11-7-20)32(28,29)31-17-15-27-14-12-23-8-9-24(19-26(23)27)30-16-13-22-5-3-4-21(2)18-22/h3-12,14,18-19H,13,15-17H2,1-2H3. The molecule has 0 aliphatic rings. The molecule has 4 aromatic rings. The second-order valence-electron chi connectivity index (χ2n) is 7.91. The van der Waals surface area contributed by atoms with Crippen LogP contribution in [0.3, 0.4) is 0 Å². The van der Waals surface area contributed by atoms with Gasteiger partial charge in [-0.25, -0.2) is 0 Å². The third-order valence-corrected chi connectivity index (χ3v) is 6.69. The molecule has 32 heavy (non-hydrogen) atoms. The second-order valence-corrected chi connectivity index (χ2v) is 9.52. The molecule has 0 atom stereocenters. The van der Waals surface area contributed by atoms with Crippen LogP contribution in [0, 0.1) is 13.8 Å². The Bertz CT molecular complexity index is 1310. The topological polar surface area (TPSA) is 57.5 Å². The summed E-state index contributed by atoms with van der Waals surface area (Å²) in [6.07, 6.45) is 2.77. The minimum absolute atomic E-state index is 0.0540. The minimum atomic E-state index is -3.77. The molecule has 1 heterocycles. The molecule has 0 fully saturated rings. The third-order valence-electron chi connectivity index (χ3n) is 5.37. The SMILES string of the molecule is Cc1ccc(S(=O)(=O)OCCn2ccc3ccc(OCCc4cccc(C)c4)cc32)cc1. The Morgan fingerprint density at radius 2 is 1.66 bits per heavy atom. The lowest BCUT2D eigenvalue weighted by Gasteiger charge is -2.10. The van der Waals surface area contributed by atoms with Crippen LogP contribution in [0.2, 0.25) is 0 Å². The van der Waals surface area contributed by atoms with Gasteiger partial charge in [0, 0.05) is 25.2 Å². The van der Waals surface area contributed by atoms with E-state index in [1.54, 1.807) is 24.3 Å². The molecule has 1 aromatic heterocycles. The lowest BCUT2D eigenvalue weighted by Crippen LogP contribution is -2.12. The predicted molar refractivity (Wildman–Crippen MR) is 127 cm³/mol. The maximum absolute atomic E-state index is 12.4. The first-order valence-corrected chi connectivity index (χ1v) is 12.0. The highest BCUT2D eigenvalue weighted by atomic mass is 32.2. The molecule has 0 bridgehead atoms. The van der Waals surface area contributed by atoms with Crippen molar-refractivity contribution < 1.29 is 17.3 Å². The first kappa shape index (κ1) is 22.1. The van der Waals surface area contributed by atoms with E-state index in [-0.39, 0.29) is 11.5 Å². The quantitative estimate of drug-likeness (QED) is 0.326. The molecule has 0 unspecified atom stereocenters. The molecule has 0 aliphatic heterocycles. The van der Waals surface area contributed by atoms with Gasteiger partial charge in [-0.2, -0.15) is 8.42 Å². The summed E-state index contributed by atoms with van der Waals surface area (Å²) in [5.41, 5.74) is 4.48. The van der Waals surface area contributed by atoms with Crippen LogP contribution in [-0.2, 0) is 27.3 Å². The number of fused-ring (bicyclic) bond motifs is 1. The number of benzene rings is 3. The van der Waals surface area contributed by atoms with Crippen LogP contribution >= 0.6 is 0 Å². The van der Waals surface area contributed by atoms with E-state index >= 15 is 0 Å². The van der Waals surface area contributed by atoms with Crippen molar-refractivity contribution in [3.63, 3.8) is 0 Å². The molecule has 0 saturated heterocycles. The Hall–Kier alpha value is -3.09. The van der Waals surface area contributed by atoms with E-state index in [2.05, 4.69) is 31.2 Å². The molecule has 0 radical (unpaired) electrons. The van der Waals surface area contributed by atoms with E-state index in [0.29, 0.717) is 13.2 Å². The van der Waals surface area contributed by atoms with Crippen molar-refractivity contribution in [2.75, 3.05) is 13.2 Å². The summed E-state index contributed by atoms with van der Waals surface area (Å²) in [7, 11) is -3.77. The Balaban J connectivity index is 1.37. The molecule has 6 heteroatoms. The van der Waals surface area contributed by atoms with Crippen LogP contribution < -0.4 is 4.74 Å². The highest BCUT2D eigenvalue weighted by Gasteiger charge is 2.15. The summed E-state index contributed by atoms with van der Waals surface area (Å²) < 4.78 is 38.0. The average molecular weight is 450 g/mol. The van der Waals surface area contributed by atoms with Crippen molar-refractivity contribution in [3.8, 4) is 5.75 Å². The zero-order valence-corrected chi connectivity index (χ0v) is 19.1. The summed E-state index contributed by atoms with van der Waals surface area (Å²) in [6, 6.07) is 23.0. The lowest BCUT2D eigenvalue weighted by molar-refractivity contribution is 0.302. The normalized spacial score (nSPS) is 11.7. The van der Waals surface area contributed by atoms with Gasteiger partial charge >= 0.3 is 0 Å². The van der Waals surface area contributed by atoms with E-state index in [0.717, 1.165) is 28.6 Å². The number of hydrogen-bond acceptors (Lipinski definition) is 4. The third kappa shape index (κ3) is 5.39. The van der Waals surface area contributed by atoms with Gasteiger partial charge < -0.3 is 9.30 Å². The molecule has 0 spiro atoms. The fourth-order valence-electron chi connectivity index (χ4n) is 3.62. The summed E-state index contributed by atoms with van der Waals surface area (Å²) in [4.78, 5) is 0.171. The summed E-state index contributed by atoms with van der Waals surface area (Å²) in [5, 5.41) is 1.07. The first-order chi connectivity index (χ1) is 15.4. The maximum atomic E-state index is 12.4. The number of aromatic nitrogens is 1. The fourth-order valence-corrected chi connectivity index (χ4v) is 4.52. The number of hydrogen-bond donors (Lipinski definition) is 0. The molecule has 0 N–H and O–H groups in total. The van der Waals surface area contributed by atoms with Crippen molar-refractivity contribution in [1.82, 2.24) is 4.57 Å². The van der Waals surface area contributed by atoms with Gasteiger partial charge in [-0.3, -0.25) is 4.18 Å². The monoisotopic (exact) mass is 449 g/mol. The van der Waals surface area contributed by atoms with Crippen LogP contribution in [0.15, 0.2) is 83.9 Å². The summed E-state index contributed by atoms with van der Waals surface area (Å²) in [6.45, 7) is 5.06. The molecular weight excluding hydrogens is 422 g/mol. The second kappa shape index (κ2) is 9.59. The van der Waals surface area contributed by atoms with Gasteiger partial charge in [0.1, 0.15) is 5.75 Å². The van der Waals surface area contributed by atoms with Crippen LogP contribution in [0.5, 0.6) is 5.75 Å². The number of nitrogens with zero attached hydrogens (tertiary/aromatic N) is 1. The summed E-state index contributed by atoms with van der Waals surface area (Å²) in [5.74, 6) is 0.790. The molecule has 0 saturated carbocycles. The molecule has 3 aromatic carbocycles. The van der Waals surface area contributed by atoms with Crippen molar-refractivity contribution >= 4 is 21.0 Å². The van der Waals surface area contributed by atoms with Crippen molar-refractivity contribution in [2.45, 2.75) is 31.7 Å². The van der Waals surface area contributed by atoms with Crippen LogP contribution in [0.25, 0.3) is 10.9 Å². The maximum Gasteiger partial charge on any atom is 0.297 e. The Morgan fingerprint density at radius 3 is 2.44 bits per heavy atom. The molecule has 4 rings (SSSR count). The van der Waals surface area contributed by atoms with Crippen molar-refractivity contribution in [2.24, 2.45) is 0 Å². The zero-order chi connectivity index (χ0) is 22.6. The van der Waals surface area contributed by atoms with Crippen LogP contribution in [0.1, 0.15) is 16.7 Å². The average Bonchev–Trinajstić information content (AvgIpc) is 3.16. The van der Waals surface area contributed by atoms with Gasteiger partial charge in [0.15, 0.2) is 0 Å². The number of aryl methyl sites for hydroxylation is 2. The van der Waals surface area contributed by atoms with E-state index in [1.165, 1.54) is 11.1 Å². The predicted octanol–water partition coefficient (Wildman–Crippen LogP) is 5.29. The number of ether oxygens (including phenoxy) is 1. The lowest BCUT2D eigenvalue weighted by atomic mass is 10.1. The molecule has 0 amide bonds. The Morgan fingerprint density at radius 1 is 0.844 bits per heavy atom. The Labute approximate surface area is 189 Å². The van der Waals surface area contributed by atoms with Gasteiger partial charge in [0.2, 0.25) is 0 Å². The van der Waals surface area contributed by atoms with E-state index in [9.17, 15) is 8.42 Å². The molecular formula is C26H27NO4S. The molecule has 5 nitrogen and oxygen atoms in total. The van der Waals surface area contributed by atoms with Crippen LogP contribution in [0.4, 0.5) is 0 Å². The summed E-state index contributed by atoms with van der Waals surface area (Å²) >= 11 is 0. The zero-order valence-electron chi connectivity index (χ0n) is 18.3. The van der Waals surface area contributed by atoms with Gasteiger partial charge in [0.25, 0.3) is 10.1 Å². The fraction of sp³-hybridized carbons (Fsp3) is 0.231. The van der Waals surface area contributed by atoms with Crippen molar-refractivity contribution in [1.29, 1.82) is 0 Å². The van der Waals surface area contributed by atoms with Crippen LogP contribution in [-0.4, -0.2) is 26.2 Å². The first-order valence-electron chi connectivity index (χ1n) is 10.6.